The first kappa shape index (κ1) is 12.1. The molecule has 1 atom stereocenters. The normalized spacial score (nSPS) is 26.4. The number of hydrogen-bond donors (Lipinski definition) is 2. The molecule has 1 saturated heterocycles. The minimum atomic E-state index is 0.271. The molecule has 0 radical (unpaired) electrons. The molecule has 1 unspecified atom stereocenters. The van der Waals surface area contributed by atoms with Gasteiger partial charge in [-0.3, -0.25) is 4.90 Å². The van der Waals surface area contributed by atoms with Crippen molar-refractivity contribution in [1.29, 1.82) is 0 Å². The monoisotopic (exact) mass is 243 g/mol. The van der Waals surface area contributed by atoms with Gasteiger partial charge in [-0.2, -0.15) is 0 Å². The Hall–Kier alpha value is -0.390. The van der Waals surface area contributed by atoms with Gasteiger partial charge < -0.3 is 15.4 Å². The summed E-state index contributed by atoms with van der Waals surface area (Å²) >= 11 is 5.21. The summed E-state index contributed by atoms with van der Waals surface area (Å²) < 4.78 is 5.69. The third-order valence-corrected chi connectivity index (χ3v) is 3.34. The van der Waals surface area contributed by atoms with Gasteiger partial charge in [-0.25, -0.2) is 0 Å². The van der Waals surface area contributed by atoms with Gasteiger partial charge in [0.25, 0.3) is 0 Å². The minimum Gasteiger partial charge on any atom is -0.374 e. The molecule has 0 aromatic heterocycles. The number of ether oxygens (including phenoxy) is 1. The molecule has 5 heteroatoms. The molecule has 0 bridgehead atoms. The Balaban J connectivity index is 1.62. The second-order valence-corrected chi connectivity index (χ2v) is 4.92. The second kappa shape index (κ2) is 5.80. The smallest absolute Gasteiger partial charge is 0.166 e. The summed E-state index contributed by atoms with van der Waals surface area (Å²) in [7, 11) is 0. The number of thiocarbonyl (C=S) groups is 1. The molecule has 2 rings (SSSR count). The highest BCUT2D eigenvalue weighted by atomic mass is 32.1. The van der Waals surface area contributed by atoms with E-state index in [1.165, 1.54) is 12.8 Å². The zero-order valence-electron chi connectivity index (χ0n) is 9.87. The van der Waals surface area contributed by atoms with Crippen molar-refractivity contribution < 1.29 is 4.74 Å². The molecule has 0 amide bonds. The van der Waals surface area contributed by atoms with Crippen molar-refractivity contribution in [2.24, 2.45) is 0 Å². The number of nitrogens with one attached hydrogen (secondary N) is 2. The lowest BCUT2D eigenvalue weighted by Gasteiger charge is -2.32. The average Bonchev–Trinajstić information content (AvgIpc) is 3.10. The molecule has 2 aliphatic rings. The largest absolute Gasteiger partial charge is 0.374 e. The Labute approximate surface area is 103 Å². The van der Waals surface area contributed by atoms with Crippen LogP contribution < -0.4 is 10.6 Å². The van der Waals surface area contributed by atoms with E-state index in [2.05, 4.69) is 22.5 Å². The molecule has 0 aromatic rings. The van der Waals surface area contributed by atoms with Gasteiger partial charge >= 0.3 is 0 Å². The van der Waals surface area contributed by atoms with Crippen LogP contribution in [0.25, 0.3) is 0 Å². The van der Waals surface area contributed by atoms with E-state index in [1.807, 2.05) is 0 Å². The van der Waals surface area contributed by atoms with Crippen LogP contribution in [0.15, 0.2) is 0 Å². The van der Waals surface area contributed by atoms with E-state index in [-0.39, 0.29) is 6.10 Å². The van der Waals surface area contributed by atoms with Crippen molar-refractivity contribution in [2.45, 2.75) is 31.9 Å². The Morgan fingerprint density at radius 3 is 3.00 bits per heavy atom. The topological polar surface area (TPSA) is 36.5 Å². The molecule has 1 aliphatic heterocycles. The summed E-state index contributed by atoms with van der Waals surface area (Å²) in [6.07, 6.45) is 2.78. The van der Waals surface area contributed by atoms with Gasteiger partial charge in [0.2, 0.25) is 0 Å². The van der Waals surface area contributed by atoms with Crippen LogP contribution in [-0.2, 0) is 4.74 Å². The summed E-state index contributed by atoms with van der Waals surface area (Å²) in [5, 5.41) is 7.28. The zero-order valence-corrected chi connectivity index (χ0v) is 10.7. The van der Waals surface area contributed by atoms with E-state index in [4.69, 9.17) is 17.0 Å². The van der Waals surface area contributed by atoms with E-state index in [0.29, 0.717) is 6.04 Å². The molecular weight excluding hydrogens is 222 g/mol. The van der Waals surface area contributed by atoms with Gasteiger partial charge in [-0.15, -0.1) is 0 Å². The molecule has 92 valence electrons. The van der Waals surface area contributed by atoms with Gasteiger partial charge in [0.1, 0.15) is 0 Å². The zero-order chi connectivity index (χ0) is 11.4. The number of morpholine rings is 1. The quantitative estimate of drug-likeness (QED) is 0.696. The van der Waals surface area contributed by atoms with E-state index < -0.39 is 0 Å². The van der Waals surface area contributed by atoms with Crippen molar-refractivity contribution in [2.75, 3.05) is 32.8 Å². The van der Waals surface area contributed by atoms with E-state index in [1.54, 1.807) is 0 Å². The lowest BCUT2D eigenvalue weighted by atomic mass is 10.2. The van der Waals surface area contributed by atoms with Crippen LogP contribution in [0.3, 0.4) is 0 Å². The van der Waals surface area contributed by atoms with E-state index >= 15 is 0 Å². The number of likely N-dealkylation sites (N-methyl/N-ethyl adjacent to an activating group) is 1. The standard InChI is InChI=1S/C11H21N3OS/c1-2-14-5-6-15-10(8-14)7-12-11(16)13-9-3-4-9/h9-10H,2-8H2,1H3,(H2,12,13,16). The van der Waals surface area contributed by atoms with Gasteiger partial charge in [0, 0.05) is 25.7 Å². The lowest BCUT2D eigenvalue weighted by molar-refractivity contribution is -0.0233. The van der Waals surface area contributed by atoms with Gasteiger partial charge in [0.05, 0.1) is 12.7 Å². The molecule has 16 heavy (non-hydrogen) atoms. The predicted molar refractivity (Wildman–Crippen MR) is 68.6 cm³/mol. The molecule has 1 heterocycles. The van der Waals surface area contributed by atoms with Crippen LogP contribution in [0.5, 0.6) is 0 Å². The second-order valence-electron chi connectivity index (χ2n) is 4.51. The number of hydrogen-bond acceptors (Lipinski definition) is 3. The van der Waals surface area contributed by atoms with Crippen molar-refractivity contribution in [3.63, 3.8) is 0 Å². The maximum absolute atomic E-state index is 5.69. The maximum atomic E-state index is 5.69. The predicted octanol–water partition coefficient (Wildman–Crippen LogP) is 0.334. The number of rotatable bonds is 4. The van der Waals surface area contributed by atoms with E-state index in [9.17, 15) is 0 Å². The summed E-state index contributed by atoms with van der Waals surface area (Å²) in [6, 6.07) is 0.624. The summed E-state index contributed by atoms with van der Waals surface area (Å²) in [5.74, 6) is 0. The molecule has 0 spiro atoms. The highest BCUT2D eigenvalue weighted by Crippen LogP contribution is 2.18. The van der Waals surface area contributed by atoms with Gasteiger partial charge in [0.15, 0.2) is 5.11 Å². The molecule has 4 nitrogen and oxygen atoms in total. The molecule has 2 N–H and O–H groups in total. The molecule has 0 aromatic carbocycles. The van der Waals surface area contributed by atoms with Crippen molar-refractivity contribution >= 4 is 17.3 Å². The van der Waals surface area contributed by atoms with Crippen LogP contribution in [0.2, 0.25) is 0 Å². The Morgan fingerprint density at radius 2 is 2.31 bits per heavy atom. The third-order valence-electron chi connectivity index (χ3n) is 3.07. The first-order valence-corrected chi connectivity index (χ1v) is 6.57. The van der Waals surface area contributed by atoms with Crippen LogP contribution >= 0.6 is 12.2 Å². The Bertz CT molecular complexity index is 245. The Morgan fingerprint density at radius 1 is 1.50 bits per heavy atom. The summed E-state index contributed by atoms with van der Waals surface area (Å²) in [6.45, 7) is 7.01. The number of nitrogens with zero attached hydrogens (tertiary/aromatic N) is 1. The Kier molecular flexibility index (Phi) is 4.37. The van der Waals surface area contributed by atoms with E-state index in [0.717, 1.165) is 37.9 Å². The van der Waals surface area contributed by atoms with Crippen molar-refractivity contribution in [1.82, 2.24) is 15.5 Å². The third kappa shape index (κ3) is 3.88. The highest BCUT2D eigenvalue weighted by Gasteiger charge is 2.23. The molecule has 1 aliphatic carbocycles. The van der Waals surface area contributed by atoms with Crippen LogP contribution in [-0.4, -0.2) is 54.9 Å². The fraction of sp³-hybridized carbons (Fsp3) is 0.909. The summed E-state index contributed by atoms with van der Waals surface area (Å²) in [4.78, 5) is 2.41. The van der Waals surface area contributed by atoms with Crippen molar-refractivity contribution in [3.05, 3.63) is 0 Å². The van der Waals surface area contributed by atoms with Gasteiger partial charge in [-0.1, -0.05) is 6.92 Å². The van der Waals surface area contributed by atoms with Crippen LogP contribution in [0, 0.1) is 0 Å². The highest BCUT2D eigenvalue weighted by molar-refractivity contribution is 7.80. The van der Waals surface area contributed by atoms with Crippen LogP contribution in [0.4, 0.5) is 0 Å². The van der Waals surface area contributed by atoms with Crippen molar-refractivity contribution in [3.8, 4) is 0 Å². The van der Waals surface area contributed by atoms with Crippen LogP contribution in [0.1, 0.15) is 19.8 Å². The SMILES string of the molecule is CCN1CCOC(CNC(=S)NC2CC2)C1. The minimum absolute atomic E-state index is 0.271. The molecule has 2 fully saturated rings. The first-order valence-electron chi connectivity index (χ1n) is 6.16. The molecular formula is C11H21N3OS. The first-order chi connectivity index (χ1) is 7.78. The fourth-order valence-electron chi connectivity index (χ4n) is 1.86. The molecule has 1 saturated carbocycles. The lowest BCUT2D eigenvalue weighted by Crippen LogP contribution is -2.49. The van der Waals surface area contributed by atoms with Gasteiger partial charge in [-0.05, 0) is 31.6 Å². The maximum Gasteiger partial charge on any atom is 0.166 e. The average molecular weight is 243 g/mol. The fourth-order valence-corrected chi connectivity index (χ4v) is 2.11. The summed E-state index contributed by atoms with van der Waals surface area (Å²) in [5.41, 5.74) is 0.